The third-order valence-electron chi connectivity index (χ3n) is 9.94. The first-order valence-electron chi connectivity index (χ1n) is 13.2. The fraction of sp³-hybridized carbons (Fsp3) is 0. The summed E-state index contributed by atoms with van der Waals surface area (Å²) in [5, 5.41) is 25.3. The Balaban J connectivity index is 1.65. The molecule has 0 saturated carbocycles. The van der Waals surface area contributed by atoms with E-state index in [9.17, 15) is 0 Å². The van der Waals surface area contributed by atoms with Crippen LogP contribution in [0.5, 0.6) is 0 Å². The highest BCUT2D eigenvalue weighted by Crippen LogP contribution is 2.61. The van der Waals surface area contributed by atoms with Gasteiger partial charge in [-0.2, -0.15) is 0 Å². The second-order valence-corrected chi connectivity index (χ2v) is 11.4. The van der Waals surface area contributed by atoms with Gasteiger partial charge in [0.15, 0.2) is 0 Å². The molecule has 0 amide bonds. The average Bonchev–Trinajstić information content (AvgIpc) is 2.95. The molecule has 3 aliphatic rings. The molecule has 0 atom stereocenters. The molecule has 3 aliphatic carbocycles. The third kappa shape index (κ3) is 1.51. The lowest BCUT2D eigenvalue weighted by Crippen LogP contribution is -2.17. The van der Waals surface area contributed by atoms with Crippen LogP contribution < -0.4 is 0 Å². The molecule has 9 aromatic rings. The lowest BCUT2D eigenvalue weighted by atomic mass is 9.64. The van der Waals surface area contributed by atoms with Gasteiger partial charge < -0.3 is 0 Å². The Hall–Kier alpha value is -4.68. The van der Waals surface area contributed by atoms with E-state index in [4.69, 9.17) is 0 Å². The van der Waals surface area contributed by atoms with Crippen LogP contribution in [0.4, 0.5) is 0 Å². The monoisotopic (exact) mass is 459 g/mol. The van der Waals surface area contributed by atoms with Crippen LogP contribution in [-0.4, -0.2) is 0 Å². The zero-order chi connectivity index (χ0) is 23.3. The molecule has 163 valence electrons. The molecule has 0 aliphatic heterocycles. The SMILES string of the molecule is c1cc2ccc3cc4ccc5ccc6cc7ccc8ccc9cc1c1c%10c9c8c7c7c6c5c4c(c3c21)[C]%107. The van der Waals surface area contributed by atoms with Gasteiger partial charge in [-0.25, -0.2) is 0 Å². The molecule has 0 N–H and O–H groups in total. The molecule has 1 radical (unpaired) electrons. The smallest absolute Gasteiger partial charge is 0.0537 e. The summed E-state index contributed by atoms with van der Waals surface area (Å²) < 4.78 is 0. The van der Waals surface area contributed by atoms with Gasteiger partial charge >= 0.3 is 0 Å². The summed E-state index contributed by atoms with van der Waals surface area (Å²) in [6.45, 7) is 0. The van der Waals surface area contributed by atoms with Crippen molar-refractivity contribution in [2.24, 2.45) is 0 Å². The molecule has 0 nitrogen and oxygen atoms in total. The lowest BCUT2D eigenvalue weighted by molar-refractivity contribution is 1.33. The zero-order valence-electron chi connectivity index (χ0n) is 19.7. The van der Waals surface area contributed by atoms with Crippen LogP contribution in [0.2, 0.25) is 0 Å². The van der Waals surface area contributed by atoms with Crippen molar-refractivity contribution in [3.8, 4) is 0 Å². The molecule has 12 rings (SSSR count). The van der Waals surface area contributed by atoms with Crippen LogP contribution in [0, 0.1) is 5.92 Å². The summed E-state index contributed by atoms with van der Waals surface area (Å²) in [6.07, 6.45) is 0. The fourth-order valence-corrected chi connectivity index (χ4v) is 8.69. The van der Waals surface area contributed by atoms with Crippen LogP contribution in [0.3, 0.4) is 0 Å². The van der Waals surface area contributed by atoms with Crippen molar-refractivity contribution in [2.45, 2.75) is 0 Å². The first kappa shape index (κ1) is 16.9. The van der Waals surface area contributed by atoms with E-state index in [2.05, 4.69) is 91.0 Å². The van der Waals surface area contributed by atoms with Gasteiger partial charge in [0.2, 0.25) is 0 Å². The lowest BCUT2D eigenvalue weighted by Gasteiger charge is -2.37. The Bertz CT molecular complexity index is 2260. The molecule has 0 fully saturated rings. The van der Waals surface area contributed by atoms with Gasteiger partial charge in [0, 0.05) is 0 Å². The fourth-order valence-electron chi connectivity index (χ4n) is 8.69. The Morgan fingerprint density at radius 2 is 0.432 bits per heavy atom. The highest BCUT2D eigenvalue weighted by Gasteiger charge is 2.40. The van der Waals surface area contributed by atoms with Gasteiger partial charge in [-0.1, -0.05) is 72.8 Å². The molecule has 0 unspecified atom stereocenters. The molecular formula is C37H15. The van der Waals surface area contributed by atoms with E-state index in [0.29, 0.717) is 0 Å². The van der Waals surface area contributed by atoms with Crippen LogP contribution in [-0.2, 0) is 0 Å². The Kier molecular flexibility index (Phi) is 2.26. The van der Waals surface area contributed by atoms with E-state index >= 15 is 0 Å². The van der Waals surface area contributed by atoms with Gasteiger partial charge in [0.05, 0.1) is 5.92 Å². The van der Waals surface area contributed by atoms with Crippen LogP contribution in [0.25, 0.3) is 97.0 Å². The second-order valence-electron chi connectivity index (χ2n) is 11.4. The van der Waals surface area contributed by atoms with Gasteiger partial charge in [-0.05, 0) is 132 Å². The molecule has 0 aromatic heterocycles. The van der Waals surface area contributed by atoms with Gasteiger partial charge in [-0.3, -0.25) is 0 Å². The summed E-state index contributed by atoms with van der Waals surface area (Å²) in [5.74, 6) is 1.49. The van der Waals surface area contributed by atoms with Crippen molar-refractivity contribution in [3.05, 3.63) is 114 Å². The van der Waals surface area contributed by atoms with E-state index in [0.717, 1.165) is 0 Å². The predicted molar refractivity (Wildman–Crippen MR) is 158 cm³/mol. The van der Waals surface area contributed by atoms with Crippen molar-refractivity contribution in [1.29, 1.82) is 0 Å². The molecule has 0 spiro atoms. The predicted octanol–water partition coefficient (Wildman–Crippen LogP) is 10.0. The first-order chi connectivity index (χ1) is 18.3. The summed E-state index contributed by atoms with van der Waals surface area (Å²) in [5.41, 5.74) is 4.45. The van der Waals surface area contributed by atoms with Gasteiger partial charge in [-0.15, -0.1) is 0 Å². The minimum absolute atomic E-state index is 1.35. The molecular weight excluding hydrogens is 444 g/mol. The van der Waals surface area contributed by atoms with Crippen LogP contribution >= 0.6 is 0 Å². The zero-order valence-corrected chi connectivity index (χ0v) is 19.7. The first-order valence-corrected chi connectivity index (χ1v) is 13.2. The summed E-state index contributed by atoms with van der Waals surface area (Å²) >= 11 is 0. The topological polar surface area (TPSA) is 0 Å². The van der Waals surface area contributed by atoms with E-state index in [1.165, 1.54) is 120 Å². The van der Waals surface area contributed by atoms with E-state index in [1.54, 1.807) is 0 Å². The standard InChI is InChI=1S/C37H15/c1-7-19-13-21-9-3-17-5-11-23-15-24-12-6-18-4-10-22-14-20-8-2-16(1)25-28(19)34-30(21)26(17)32(23)36-33(24)27(18)31(22)35(29(20)25)37(34)36/h1-15H. The summed E-state index contributed by atoms with van der Waals surface area (Å²) in [4.78, 5) is 0. The molecule has 0 heteroatoms. The second kappa shape index (κ2) is 4.94. The van der Waals surface area contributed by atoms with Crippen LogP contribution in [0.1, 0.15) is 16.7 Å². The Morgan fingerprint density at radius 3 is 0.676 bits per heavy atom. The van der Waals surface area contributed by atoms with E-state index < -0.39 is 0 Å². The maximum absolute atomic E-state index is 2.44. The largest absolute Gasteiger partial charge is 0.0668 e. The van der Waals surface area contributed by atoms with Gasteiger partial charge in [0.1, 0.15) is 0 Å². The third-order valence-corrected chi connectivity index (χ3v) is 9.94. The number of hydrogen-bond donors (Lipinski definition) is 0. The number of benzene rings is 9. The maximum atomic E-state index is 2.44. The summed E-state index contributed by atoms with van der Waals surface area (Å²) in [7, 11) is 0. The number of rotatable bonds is 0. The highest BCUT2D eigenvalue weighted by atomic mass is 14.4. The molecule has 0 saturated heterocycles. The minimum atomic E-state index is 1.35. The minimum Gasteiger partial charge on any atom is -0.0537 e. The quantitative estimate of drug-likeness (QED) is 0.156. The number of hydrogen-bond acceptors (Lipinski definition) is 0. The molecule has 0 heterocycles. The molecule has 0 bridgehead atoms. The normalized spacial score (nSPS) is 14.9. The maximum Gasteiger partial charge on any atom is 0.0668 e. The van der Waals surface area contributed by atoms with E-state index in [1.807, 2.05) is 0 Å². The van der Waals surface area contributed by atoms with Crippen molar-refractivity contribution < 1.29 is 0 Å². The van der Waals surface area contributed by atoms with Crippen molar-refractivity contribution in [1.82, 2.24) is 0 Å². The Labute approximate surface area is 210 Å². The van der Waals surface area contributed by atoms with Crippen molar-refractivity contribution >= 4 is 97.0 Å². The Morgan fingerprint density at radius 1 is 0.216 bits per heavy atom. The van der Waals surface area contributed by atoms with Crippen LogP contribution in [0.15, 0.2) is 91.0 Å². The van der Waals surface area contributed by atoms with E-state index in [-0.39, 0.29) is 0 Å². The van der Waals surface area contributed by atoms with Gasteiger partial charge in [0.25, 0.3) is 0 Å². The average molecular weight is 460 g/mol. The van der Waals surface area contributed by atoms with Crippen molar-refractivity contribution in [2.75, 3.05) is 0 Å². The highest BCUT2D eigenvalue weighted by molar-refractivity contribution is 6.42. The molecule has 9 aromatic carbocycles. The molecule has 37 heavy (non-hydrogen) atoms. The van der Waals surface area contributed by atoms with Crippen molar-refractivity contribution in [3.63, 3.8) is 0 Å². The summed E-state index contributed by atoms with van der Waals surface area (Å²) in [6, 6.07) is 35.4.